The van der Waals surface area contributed by atoms with Crippen LogP contribution in [0.25, 0.3) is 17.0 Å². The van der Waals surface area contributed by atoms with Crippen LogP contribution in [-0.4, -0.2) is 4.98 Å². The third-order valence-corrected chi connectivity index (χ3v) is 4.74. The molecule has 1 aliphatic rings. The smallest absolute Gasteiger partial charge is 0.134 e. The Morgan fingerprint density at radius 3 is 2.64 bits per heavy atom. The third-order valence-electron chi connectivity index (χ3n) is 4.74. The van der Waals surface area contributed by atoms with Crippen molar-refractivity contribution in [3.63, 3.8) is 0 Å². The second kappa shape index (κ2) is 6.94. The van der Waals surface area contributed by atoms with Gasteiger partial charge in [-0.3, -0.25) is 0 Å². The fourth-order valence-electron chi connectivity index (χ4n) is 3.19. The highest BCUT2D eigenvalue weighted by Gasteiger charge is 2.11. The normalized spacial score (nSPS) is 13.4. The zero-order valence-electron chi connectivity index (χ0n) is 14.3. The number of pyridine rings is 1. The molecule has 1 N–H and O–H groups in total. The topological polar surface area (TPSA) is 24.9 Å². The van der Waals surface area contributed by atoms with Crippen LogP contribution in [0.5, 0.6) is 0 Å². The number of nitrogens with zero attached hydrogens (tertiary/aromatic N) is 1. The number of fused-ring (bicyclic) bond motifs is 1. The first-order chi connectivity index (χ1) is 12.3. The molecular formula is C23H22N2. The van der Waals surface area contributed by atoms with E-state index in [2.05, 4.69) is 66.5 Å². The number of hydrogen-bond acceptors (Lipinski definition) is 2. The summed E-state index contributed by atoms with van der Waals surface area (Å²) in [6.07, 6.45) is 8.81. The molecule has 1 aromatic heterocycles. The number of allylic oxidation sites excluding steroid dienone is 2. The molecule has 0 unspecified atom stereocenters. The second-order valence-electron chi connectivity index (χ2n) is 6.55. The van der Waals surface area contributed by atoms with E-state index in [1.807, 2.05) is 12.1 Å². The zero-order chi connectivity index (χ0) is 17.1. The standard InChI is InChI=1S/C23H22N2/c1-2-8-20-16-19-12-4-6-14-22(19)25-23(20)24-21-13-5-3-11-18(21)15-17-9-7-10-17/h2-6,11-16H,1,7-10H2,(H,24,25). The van der Waals surface area contributed by atoms with Crippen LogP contribution < -0.4 is 5.32 Å². The number of hydrogen-bond donors (Lipinski definition) is 1. The molecule has 1 aliphatic carbocycles. The molecule has 1 fully saturated rings. The summed E-state index contributed by atoms with van der Waals surface area (Å²) in [5.41, 5.74) is 6.05. The SMILES string of the molecule is C=CCc1cc2ccccc2nc1Nc1ccccc1C=C1CCC1. The van der Waals surface area contributed by atoms with Gasteiger partial charge in [0.25, 0.3) is 0 Å². The monoisotopic (exact) mass is 326 g/mol. The number of aromatic nitrogens is 1. The summed E-state index contributed by atoms with van der Waals surface area (Å²) in [5.74, 6) is 0.915. The van der Waals surface area contributed by atoms with Crippen molar-refractivity contribution in [2.24, 2.45) is 0 Å². The molecule has 3 aromatic rings. The van der Waals surface area contributed by atoms with E-state index in [4.69, 9.17) is 4.98 Å². The van der Waals surface area contributed by atoms with Crippen molar-refractivity contribution in [3.8, 4) is 0 Å². The molecule has 1 saturated carbocycles. The number of para-hydroxylation sites is 2. The minimum atomic E-state index is 0.795. The lowest BCUT2D eigenvalue weighted by atomic mass is 9.90. The van der Waals surface area contributed by atoms with Crippen molar-refractivity contribution < 1.29 is 0 Å². The Morgan fingerprint density at radius 1 is 1.04 bits per heavy atom. The highest BCUT2D eigenvalue weighted by molar-refractivity contribution is 5.83. The van der Waals surface area contributed by atoms with Gasteiger partial charge in [-0.15, -0.1) is 6.58 Å². The maximum absolute atomic E-state index is 4.86. The summed E-state index contributed by atoms with van der Waals surface area (Å²) >= 11 is 0. The number of nitrogens with one attached hydrogen (secondary N) is 1. The van der Waals surface area contributed by atoms with Gasteiger partial charge in [-0.05, 0) is 55.0 Å². The molecule has 0 bridgehead atoms. The Bertz CT molecular complexity index is 947. The number of benzene rings is 2. The van der Waals surface area contributed by atoms with E-state index in [-0.39, 0.29) is 0 Å². The maximum Gasteiger partial charge on any atom is 0.134 e. The van der Waals surface area contributed by atoms with E-state index in [0.29, 0.717) is 0 Å². The van der Waals surface area contributed by atoms with Gasteiger partial charge in [0.05, 0.1) is 5.52 Å². The van der Waals surface area contributed by atoms with Crippen LogP contribution in [0.15, 0.2) is 72.8 Å². The summed E-state index contributed by atoms with van der Waals surface area (Å²) in [6, 6.07) is 18.9. The van der Waals surface area contributed by atoms with Crippen molar-refractivity contribution >= 4 is 28.5 Å². The Morgan fingerprint density at radius 2 is 1.84 bits per heavy atom. The van der Waals surface area contributed by atoms with Gasteiger partial charge in [0.15, 0.2) is 0 Å². The van der Waals surface area contributed by atoms with Crippen LogP contribution in [-0.2, 0) is 6.42 Å². The molecule has 0 saturated heterocycles. The Kier molecular flexibility index (Phi) is 4.34. The van der Waals surface area contributed by atoms with Gasteiger partial charge in [-0.1, -0.05) is 54.1 Å². The Labute approximate surface area is 148 Å². The zero-order valence-corrected chi connectivity index (χ0v) is 14.3. The molecule has 2 nitrogen and oxygen atoms in total. The molecule has 25 heavy (non-hydrogen) atoms. The molecule has 1 heterocycles. The van der Waals surface area contributed by atoms with Crippen molar-refractivity contribution in [1.82, 2.24) is 4.98 Å². The fourth-order valence-corrected chi connectivity index (χ4v) is 3.19. The lowest BCUT2D eigenvalue weighted by Gasteiger charge is -2.18. The molecule has 0 aliphatic heterocycles. The first-order valence-corrected chi connectivity index (χ1v) is 8.88. The minimum absolute atomic E-state index is 0.795. The van der Waals surface area contributed by atoms with E-state index in [1.165, 1.54) is 36.0 Å². The van der Waals surface area contributed by atoms with Crippen molar-refractivity contribution in [2.45, 2.75) is 25.7 Å². The molecule has 0 spiro atoms. The van der Waals surface area contributed by atoms with E-state index in [9.17, 15) is 0 Å². The molecule has 4 rings (SSSR count). The predicted molar refractivity (Wildman–Crippen MR) is 107 cm³/mol. The van der Waals surface area contributed by atoms with Crippen LogP contribution in [0, 0.1) is 0 Å². The lowest BCUT2D eigenvalue weighted by molar-refractivity contribution is 0.670. The molecule has 2 heteroatoms. The van der Waals surface area contributed by atoms with Gasteiger partial charge in [0, 0.05) is 11.1 Å². The second-order valence-corrected chi connectivity index (χ2v) is 6.55. The quantitative estimate of drug-likeness (QED) is 0.559. The van der Waals surface area contributed by atoms with Crippen molar-refractivity contribution in [2.75, 3.05) is 5.32 Å². The van der Waals surface area contributed by atoms with Gasteiger partial charge in [-0.25, -0.2) is 4.98 Å². The van der Waals surface area contributed by atoms with Crippen LogP contribution >= 0.6 is 0 Å². The Hall–Kier alpha value is -2.87. The first kappa shape index (κ1) is 15.6. The van der Waals surface area contributed by atoms with Crippen LogP contribution in [0.1, 0.15) is 30.4 Å². The third kappa shape index (κ3) is 3.34. The minimum Gasteiger partial charge on any atom is -0.339 e. The predicted octanol–water partition coefficient (Wildman–Crippen LogP) is 6.27. The first-order valence-electron chi connectivity index (χ1n) is 8.88. The van der Waals surface area contributed by atoms with Crippen molar-refractivity contribution in [3.05, 3.63) is 84.0 Å². The van der Waals surface area contributed by atoms with Crippen LogP contribution in [0.2, 0.25) is 0 Å². The number of anilines is 2. The molecule has 124 valence electrons. The molecule has 0 radical (unpaired) electrons. The van der Waals surface area contributed by atoms with Gasteiger partial charge in [-0.2, -0.15) is 0 Å². The fraction of sp³-hybridized carbons (Fsp3) is 0.174. The van der Waals surface area contributed by atoms with Gasteiger partial charge < -0.3 is 5.32 Å². The van der Waals surface area contributed by atoms with Crippen molar-refractivity contribution in [1.29, 1.82) is 0 Å². The summed E-state index contributed by atoms with van der Waals surface area (Å²) in [5, 5.41) is 4.73. The summed E-state index contributed by atoms with van der Waals surface area (Å²) in [4.78, 5) is 4.86. The average molecular weight is 326 g/mol. The maximum atomic E-state index is 4.86. The molecule has 2 aromatic carbocycles. The Balaban J connectivity index is 1.75. The summed E-state index contributed by atoms with van der Waals surface area (Å²) < 4.78 is 0. The molecule has 0 atom stereocenters. The van der Waals surface area contributed by atoms with Crippen LogP contribution in [0.3, 0.4) is 0 Å². The largest absolute Gasteiger partial charge is 0.339 e. The average Bonchev–Trinajstić information content (AvgIpc) is 2.60. The van der Waals surface area contributed by atoms with Gasteiger partial charge in [0.2, 0.25) is 0 Å². The van der Waals surface area contributed by atoms with E-state index in [1.54, 1.807) is 0 Å². The molecule has 0 amide bonds. The highest BCUT2D eigenvalue weighted by atomic mass is 15.0. The van der Waals surface area contributed by atoms with Gasteiger partial charge in [0.1, 0.15) is 5.82 Å². The summed E-state index contributed by atoms with van der Waals surface area (Å²) in [6.45, 7) is 3.89. The van der Waals surface area contributed by atoms with E-state index in [0.717, 1.165) is 28.8 Å². The lowest BCUT2D eigenvalue weighted by Crippen LogP contribution is -2.02. The van der Waals surface area contributed by atoms with Gasteiger partial charge >= 0.3 is 0 Å². The van der Waals surface area contributed by atoms with E-state index < -0.39 is 0 Å². The molecular weight excluding hydrogens is 304 g/mol. The van der Waals surface area contributed by atoms with Crippen LogP contribution in [0.4, 0.5) is 11.5 Å². The summed E-state index contributed by atoms with van der Waals surface area (Å²) in [7, 11) is 0. The number of rotatable bonds is 5. The van der Waals surface area contributed by atoms with E-state index >= 15 is 0 Å². The highest BCUT2D eigenvalue weighted by Crippen LogP contribution is 2.31.